The Morgan fingerprint density at radius 3 is 2.27 bits per heavy atom. The van der Waals surface area contributed by atoms with Crippen molar-refractivity contribution in [3.63, 3.8) is 0 Å². The Labute approximate surface area is 194 Å². The first-order chi connectivity index (χ1) is 16.0. The summed E-state index contributed by atoms with van der Waals surface area (Å²) < 4.78 is 5.55. The van der Waals surface area contributed by atoms with Gasteiger partial charge in [0, 0.05) is 32.7 Å². The van der Waals surface area contributed by atoms with E-state index in [0.29, 0.717) is 48.8 Å². The van der Waals surface area contributed by atoms with Gasteiger partial charge in [0.15, 0.2) is 0 Å². The van der Waals surface area contributed by atoms with Crippen molar-refractivity contribution in [2.24, 2.45) is 0 Å². The largest absolute Gasteiger partial charge is 0.494 e. The minimum atomic E-state index is -0.300. The maximum Gasteiger partial charge on any atom is 0.282 e. The lowest BCUT2D eigenvalue weighted by Gasteiger charge is -2.36. The molecule has 2 aromatic carbocycles. The molecule has 7 nitrogen and oxygen atoms in total. The van der Waals surface area contributed by atoms with Crippen LogP contribution in [0.1, 0.15) is 23.6 Å². The fraction of sp³-hybridized carbons (Fsp3) is 0.385. The molecule has 0 aliphatic carbocycles. The van der Waals surface area contributed by atoms with E-state index in [-0.39, 0.29) is 18.4 Å². The molecule has 2 aliphatic rings. The van der Waals surface area contributed by atoms with Crippen LogP contribution in [0, 0.1) is 13.8 Å². The van der Waals surface area contributed by atoms with E-state index in [1.165, 1.54) is 4.90 Å². The Kier molecular flexibility index (Phi) is 6.81. The van der Waals surface area contributed by atoms with E-state index in [9.17, 15) is 14.7 Å². The highest BCUT2D eigenvalue weighted by atomic mass is 16.5. The average Bonchev–Trinajstić information content (AvgIpc) is 3.07. The van der Waals surface area contributed by atoms with Gasteiger partial charge in [0.25, 0.3) is 11.8 Å². The van der Waals surface area contributed by atoms with E-state index in [1.54, 1.807) is 0 Å². The molecule has 0 atom stereocenters. The van der Waals surface area contributed by atoms with Gasteiger partial charge in [-0.2, -0.15) is 0 Å². The number of imide groups is 1. The zero-order valence-corrected chi connectivity index (χ0v) is 19.5. The van der Waals surface area contributed by atoms with Crippen LogP contribution < -0.4 is 9.64 Å². The van der Waals surface area contributed by atoms with Crippen LogP contribution in [0.2, 0.25) is 0 Å². The Bertz CT molecular complexity index is 1070. The van der Waals surface area contributed by atoms with Gasteiger partial charge in [-0.15, -0.1) is 0 Å². The molecule has 1 saturated heterocycles. The summed E-state index contributed by atoms with van der Waals surface area (Å²) in [6, 6.07) is 13.0. The number of carbonyl (C=O) groups excluding carboxylic acids is 2. The summed E-state index contributed by atoms with van der Waals surface area (Å²) in [6.45, 7) is 9.81. The summed E-state index contributed by atoms with van der Waals surface area (Å²) in [6.07, 6.45) is 0. The number of amides is 2. The molecular formula is C26H31N3O4. The lowest BCUT2D eigenvalue weighted by Crippen LogP contribution is -2.48. The number of carbonyl (C=O) groups is 2. The van der Waals surface area contributed by atoms with Gasteiger partial charge in [0.05, 0.1) is 24.5 Å². The lowest BCUT2D eigenvalue weighted by atomic mass is 10.0. The first-order valence-electron chi connectivity index (χ1n) is 11.5. The smallest absolute Gasteiger partial charge is 0.282 e. The molecule has 0 saturated carbocycles. The van der Waals surface area contributed by atoms with Crippen LogP contribution in [-0.2, 0) is 9.59 Å². The third-order valence-corrected chi connectivity index (χ3v) is 6.44. The molecule has 2 aromatic rings. The maximum atomic E-state index is 13.8. The molecule has 7 heteroatoms. The minimum Gasteiger partial charge on any atom is -0.494 e. The fourth-order valence-electron chi connectivity index (χ4n) is 4.49. The predicted molar refractivity (Wildman–Crippen MR) is 128 cm³/mol. The first kappa shape index (κ1) is 23.0. The molecule has 33 heavy (non-hydrogen) atoms. The van der Waals surface area contributed by atoms with Crippen LogP contribution in [0.3, 0.4) is 0 Å². The van der Waals surface area contributed by atoms with E-state index in [4.69, 9.17) is 4.74 Å². The first-order valence-corrected chi connectivity index (χ1v) is 11.5. The van der Waals surface area contributed by atoms with Gasteiger partial charge >= 0.3 is 0 Å². The van der Waals surface area contributed by atoms with E-state index in [0.717, 1.165) is 30.0 Å². The molecule has 0 aromatic heterocycles. The Hall–Kier alpha value is -3.16. The monoisotopic (exact) mass is 449 g/mol. The standard InChI is InChI=1S/C26H31N3O4/c1-4-33-21-10-8-20(9-11-21)23-24(28-14-12-27(13-15-28)16-17-30)26(32)29(25(23)31)22-7-5-6-18(2)19(22)3/h5-11,30H,4,12-17H2,1-3H3. The number of aryl methyl sites for hydroxylation is 1. The van der Waals surface area contributed by atoms with Gasteiger partial charge in [0.1, 0.15) is 11.4 Å². The van der Waals surface area contributed by atoms with Crippen molar-refractivity contribution in [3.8, 4) is 5.75 Å². The molecule has 0 spiro atoms. The van der Waals surface area contributed by atoms with E-state index >= 15 is 0 Å². The summed E-state index contributed by atoms with van der Waals surface area (Å²) >= 11 is 0. The summed E-state index contributed by atoms with van der Waals surface area (Å²) in [4.78, 5) is 33.0. The van der Waals surface area contributed by atoms with E-state index < -0.39 is 0 Å². The SMILES string of the molecule is CCOc1ccc(C2=C(N3CCN(CCO)CC3)C(=O)N(c3cccc(C)c3C)C2=O)cc1. The van der Waals surface area contributed by atoms with Gasteiger partial charge < -0.3 is 14.7 Å². The number of benzene rings is 2. The van der Waals surface area contributed by atoms with Crippen LogP contribution in [-0.4, -0.2) is 72.7 Å². The van der Waals surface area contributed by atoms with Gasteiger partial charge in [-0.3, -0.25) is 14.5 Å². The maximum absolute atomic E-state index is 13.8. The summed E-state index contributed by atoms with van der Waals surface area (Å²) in [5.41, 5.74) is 4.16. The number of hydrogen-bond donors (Lipinski definition) is 1. The Morgan fingerprint density at radius 2 is 1.64 bits per heavy atom. The molecule has 2 aliphatic heterocycles. The fourth-order valence-corrected chi connectivity index (χ4v) is 4.49. The van der Waals surface area contributed by atoms with Crippen molar-refractivity contribution >= 4 is 23.1 Å². The van der Waals surface area contributed by atoms with Crippen molar-refractivity contribution in [3.05, 3.63) is 64.9 Å². The molecule has 4 rings (SSSR count). The number of anilines is 1. The normalized spacial score (nSPS) is 17.3. The molecule has 1 fully saturated rings. The topological polar surface area (TPSA) is 73.3 Å². The Morgan fingerprint density at radius 1 is 0.939 bits per heavy atom. The molecule has 2 heterocycles. The summed E-state index contributed by atoms with van der Waals surface area (Å²) in [7, 11) is 0. The summed E-state index contributed by atoms with van der Waals surface area (Å²) in [5, 5.41) is 9.25. The van der Waals surface area contributed by atoms with E-state index in [1.807, 2.05) is 68.1 Å². The third-order valence-electron chi connectivity index (χ3n) is 6.44. The Balaban J connectivity index is 1.75. The van der Waals surface area contributed by atoms with E-state index in [2.05, 4.69) is 4.90 Å². The van der Waals surface area contributed by atoms with Crippen LogP contribution in [0.5, 0.6) is 5.75 Å². The zero-order chi connectivity index (χ0) is 23.5. The second kappa shape index (κ2) is 9.77. The quantitative estimate of drug-likeness (QED) is 0.655. The zero-order valence-electron chi connectivity index (χ0n) is 19.5. The van der Waals surface area contributed by atoms with Crippen molar-refractivity contribution in [2.75, 3.05) is 50.8 Å². The van der Waals surface area contributed by atoms with Crippen molar-refractivity contribution in [1.82, 2.24) is 9.80 Å². The van der Waals surface area contributed by atoms with Crippen LogP contribution in [0.25, 0.3) is 5.57 Å². The van der Waals surface area contributed by atoms with Gasteiger partial charge in [-0.1, -0.05) is 24.3 Å². The predicted octanol–water partition coefficient (Wildman–Crippen LogP) is 2.60. The molecule has 1 N–H and O–H groups in total. The van der Waals surface area contributed by atoms with Crippen molar-refractivity contribution in [2.45, 2.75) is 20.8 Å². The number of rotatable bonds is 7. The highest BCUT2D eigenvalue weighted by Crippen LogP contribution is 2.37. The second-order valence-corrected chi connectivity index (χ2v) is 8.40. The van der Waals surface area contributed by atoms with Gasteiger partial charge in [-0.25, -0.2) is 4.90 Å². The highest BCUT2D eigenvalue weighted by Gasteiger charge is 2.43. The molecule has 174 valence electrons. The number of β-amino-alcohol motifs (C(OH)–C–C–N with tert-alkyl or cyclic N) is 1. The number of aliphatic hydroxyl groups is 1. The third kappa shape index (κ3) is 4.38. The lowest BCUT2D eigenvalue weighted by molar-refractivity contribution is -0.120. The van der Waals surface area contributed by atoms with Gasteiger partial charge in [0.2, 0.25) is 0 Å². The molecule has 0 radical (unpaired) electrons. The number of piperazine rings is 1. The van der Waals surface area contributed by atoms with Crippen LogP contribution in [0.15, 0.2) is 48.2 Å². The number of nitrogens with zero attached hydrogens (tertiary/aromatic N) is 3. The summed E-state index contributed by atoms with van der Waals surface area (Å²) in [5.74, 6) is 0.142. The average molecular weight is 450 g/mol. The number of ether oxygens (including phenoxy) is 1. The number of hydrogen-bond acceptors (Lipinski definition) is 6. The molecular weight excluding hydrogens is 418 g/mol. The van der Waals surface area contributed by atoms with Crippen molar-refractivity contribution in [1.29, 1.82) is 0 Å². The van der Waals surface area contributed by atoms with Crippen LogP contribution in [0.4, 0.5) is 5.69 Å². The second-order valence-electron chi connectivity index (χ2n) is 8.40. The van der Waals surface area contributed by atoms with Crippen molar-refractivity contribution < 1.29 is 19.4 Å². The van der Waals surface area contributed by atoms with Gasteiger partial charge in [-0.05, 0) is 55.7 Å². The molecule has 0 unspecified atom stereocenters. The molecule has 0 bridgehead atoms. The molecule has 2 amide bonds. The van der Waals surface area contributed by atoms with Crippen LogP contribution >= 0.6 is 0 Å². The number of aliphatic hydroxyl groups excluding tert-OH is 1. The minimum absolute atomic E-state index is 0.109. The highest BCUT2D eigenvalue weighted by molar-refractivity contribution is 6.45.